The van der Waals surface area contributed by atoms with Crippen LogP contribution in [-0.2, 0) is 0 Å². The van der Waals surface area contributed by atoms with E-state index in [9.17, 15) is 0 Å². The average molecular weight is 299 g/mol. The molecule has 0 saturated heterocycles. The molecule has 2 N–H and O–H groups in total. The van der Waals surface area contributed by atoms with Crippen LogP contribution in [0.3, 0.4) is 0 Å². The number of rotatable bonds is 6. The van der Waals surface area contributed by atoms with E-state index in [0.29, 0.717) is 0 Å². The largest absolute Gasteiger partial charge is 0.368 e. The first kappa shape index (κ1) is 13.8. The van der Waals surface area contributed by atoms with Crippen molar-refractivity contribution < 1.29 is 0 Å². The quantitative estimate of drug-likeness (QED) is 0.673. The molecule has 3 aromatic rings. The van der Waals surface area contributed by atoms with Crippen molar-refractivity contribution in [2.75, 3.05) is 17.2 Å². The molecule has 0 aliphatic carbocycles. The molecule has 0 saturated carbocycles. The van der Waals surface area contributed by atoms with E-state index in [2.05, 4.69) is 32.5 Å². The number of benzene rings is 1. The molecule has 0 aliphatic rings. The first-order valence-electron chi connectivity index (χ1n) is 7.04. The van der Waals surface area contributed by atoms with Crippen LogP contribution in [0.25, 0.3) is 10.3 Å². The lowest BCUT2D eigenvalue weighted by Crippen LogP contribution is -2.03. The Labute approximate surface area is 127 Å². The molecule has 0 radical (unpaired) electrons. The van der Waals surface area contributed by atoms with Crippen molar-refractivity contribution in [3.05, 3.63) is 36.7 Å². The zero-order valence-corrected chi connectivity index (χ0v) is 12.7. The first-order valence-corrected chi connectivity index (χ1v) is 7.86. The smallest absolute Gasteiger partial charge is 0.189 e. The molecule has 0 fully saturated rings. The number of nitrogens with one attached hydrogen (secondary N) is 2. The van der Waals surface area contributed by atoms with Crippen LogP contribution in [0.1, 0.15) is 19.8 Å². The fourth-order valence-electron chi connectivity index (χ4n) is 1.97. The molecule has 21 heavy (non-hydrogen) atoms. The minimum Gasteiger partial charge on any atom is -0.368 e. The van der Waals surface area contributed by atoms with Crippen LogP contribution in [0, 0.1) is 0 Å². The summed E-state index contributed by atoms with van der Waals surface area (Å²) in [5.41, 5.74) is 1.85. The monoisotopic (exact) mass is 299 g/mol. The van der Waals surface area contributed by atoms with Crippen LogP contribution in [0.5, 0.6) is 0 Å². The van der Waals surface area contributed by atoms with E-state index >= 15 is 0 Å². The Morgan fingerprint density at radius 2 is 2.00 bits per heavy atom. The maximum atomic E-state index is 4.61. The predicted molar refractivity (Wildman–Crippen MR) is 88.3 cm³/mol. The number of anilines is 3. The van der Waals surface area contributed by atoms with Gasteiger partial charge in [0.25, 0.3) is 0 Å². The molecule has 0 spiro atoms. The van der Waals surface area contributed by atoms with Crippen LogP contribution in [0.15, 0.2) is 36.7 Å². The Morgan fingerprint density at radius 3 is 2.81 bits per heavy atom. The van der Waals surface area contributed by atoms with Crippen LogP contribution < -0.4 is 10.6 Å². The maximum Gasteiger partial charge on any atom is 0.189 e. The Hall–Kier alpha value is -2.21. The lowest BCUT2D eigenvalue weighted by atomic mass is 10.3. The number of fused-ring (bicyclic) bond motifs is 1. The number of unbranched alkanes of at least 4 members (excludes halogenated alkanes) is 1. The number of para-hydroxylation sites is 1. The highest BCUT2D eigenvalue weighted by Gasteiger charge is 2.10. The minimum atomic E-state index is 0.811. The molecule has 0 amide bonds. The van der Waals surface area contributed by atoms with E-state index in [4.69, 9.17) is 0 Å². The zero-order chi connectivity index (χ0) is 14.5. The van der Waals surface area contributed by atoms with Crippen LogP contribution in [-0.4, -0.2) is 21.5 Å². The molecule has 108 valence electrons. The van der Waals surface area contributed by atoms with Crippen molar-refractivity contribution >= 4 is 38.3 Å². The Balaban J connectivity index is 1.84. The van der Waals surface area contributed by atoms with Crippen molar-refractivity contribution in [1.82, 2.24) is 15.0 Å². The average Bonchev–Trinajstić information content (AvgIpc) is 2.92. The zero-order valence-electron chi connectivity index (χ0n) is 11.8. The van der Waals surface area contributed by atoms with Gasteiger partial charge >= 0.3 is 0 Å². The Morgan fingerprint density at radius 1 is 1.14 bits per heavy atom. The first-order chi connectivity index (χ1) is 10.4. The van der Waals surface area contributed by atoms with Gasteiger partial charge < -0.3 is 10.6 Å². The molecule has 3 rings (SSSR count). The molecule has 5 nitrogen and oxygen atoms in total. The molecule has 0 aliphatic heterocycles. The third-order valence-corrected chi connectivity index (χ3v) is 3.92. The van der Waals surface area contributed by atoms with Gasteiger partial charge in [-0.3, -0.25) is 0 Å². The molecule has 0 unspecified atom stereocenters. The van der Waals surface area contributed by atoms with Crippen molar-refractivity contribution in [3.8, 4) is 0 Å². The fraction of sp³-hybridized carbons (Fsp3) is 0.267. The highest BCUT2D eigenvalue weighted by molar-refractivity contribution is 7.21. The molecule has 1 aromatic carbocycles. The highest BCUT2D eigenvalue weighted by atomic mass is 32.1. The molecule has 0 bridgehead atoms. The second-order valence-corrected chi connectivity index (χ2v) is 5.64. The van der Waals surface area contributed by atoms with Gasteiger partial charge in [0.2, 0.25) is 0 Å². The molecular formula is C15H17N5S. The van der Waals surface area contributed by atoms with Gasteiger partial charge in [0.1, 0.15) is 11.8 Å². The maximum absolute atomic E-state index is 4.61. The van der Waals surface area contributed by atoms with Crippen LogP contribution >= 0.6 is 11.3 Å². The van der Waals surface area contributed by atoms with Gasteiger partial charge in [0.05, 0.1) is 0 Å². The van der Waals surface area contributed by atoms with Crippen molar-refractivity contribution in [2.24, 2.45) is 0 Å². The van der Waals surface area contributed by atoms with Gasteiger partial charge in [-0.15, -0.1) is 0 Å². The summed E-state index contributed by atoms with van der Waals surface area (Å²) in [7, 11) is 0. The molecule has 6 heteroatoms. The second kappa shape index (κ2) is 6.49. The van der Waals surface area contributed by atoms with Gasteiger partial charge in [-0.2, -0.15) is 0 Å². The summed E-state index contributed by atoms with van der Waals surface area (Å²) in [5.74, 6) is 0.811. The summed E-state index contributed by atoms with van der Waals surface area (Å²) in [6, 6.07) is 10.0. The van der Waals surface area contributed by atoms with E-state index in [1.165, 1.54) is 11.3 Å². The number of hydrogen-bond donors (Lipinski definition) is 2. The number of nitrogens with zero attached hydrogens (tertiary/aromatic N) is 3. The van der Waals surface area contributed by atoms with Crippen LogP contribution in [0.4, 0.5) is 16.6 Å². The van der Waals surface area contributed by atoms with E-state index in [1.54, 1.807) is 6.33 Å². The highest BCUT2D eigenvalue weighted by Crippen LogP contribution is 2.29. The summed E-state index contributed by atoms with van der Waals surface area (Å²) in [4.78, 5) is 14.1. The van der Waals surface area contributed by atoms with Gasteiger partial charge in [-0.25, -0.2) is 15.0 Å². The standard InChI is InChI=1S/C15H17N5S/c1-2-3-9-16-13-12-14(18-10-17-13)21-15(20-12)19-11-7-5-4-6-8-11/h4-8,10H,2-3,9H2,1H3,(H,19,20)(H,16,17,18). The summed E-state index contributed by atoms with van der Waals surface area (Å²) >= 11 is 1.53. The third kappa shape index (κ3) is 3.28. The topological polar surface area (TPSA) is 62.7 Å². The van der Waals surface area contributed by atoms with Crippen molar-refractivity contribution in [3.63, 3.8) is 0 Å². The van der Waals surface area contributed by atoms with E-state index in [0.717, 1.165) is 46.4 Å². The summed E-state index contributed by atoms with van der Waals surface area (Å²) in [6.07, 6.45) is 3.85. The number of hydrogen-bond acceptors (Lipinski definition) is 6. The second-order valence-electron chi connectivity index (χ2n) is 4.67. The SMILES string of the molecule is CCCCNc1ncnc2sc(Nc3ccccc3)nc12. The summed E-state index contributed by atoms with van der Waals surface area (Å²) in [6.45, 7) is 3.07. The molecular weight excluding hydrogens is 282 g/mol. The predicted octanol–water partition coefficient (Wildman–Crippen LogP) is 4.04. The summed E-state index contributed by atoms with van der Waals surface area (Å²) in [5, 5.41) is 7.46. The van der Waals surface area contributed by atoms with E-state index < -0.39 is 0 Å². The van der Waals surface area contributed by atoms with Gasteiger partial charge in [-0.05, 0) is 18.6 Å². The number of thiazole rings is 1. The van der Waals surface area contributed by atoms with E-state index in [1.807, 2.05) is 30.3 Å². The van der Waals surface area contributed by atoms with Gasteiger partial charge in [0.15, 0.2) is 15.8 Å². The third-order valence-electron chi connectivity index (χ3n) is 3.04. The molecule has 2 aromatic heterocycles. The molecule has 2 heterocycles. The fourth-order valence-corrected chi connectivity index (χ4v) is 2.79. The minimum absolute atomic E-state index is 0.811. The Bertz CT molecular complexity index is 710. The van der Waals surface area contributed by atoms with Crippen molar-refractivity contribution in [1.29, 1.82) is 0 Å². The Kier molecular flexibility index (Phi) is 4.25. The van der Waals surface area contributed by atoms with E-state index in [-0.39, 0.29) is 0 Å². The van der Waals surface area contributed by atoms with Crippen LogP contribution in [0.2, 0.25) is 0 Å². The normalized spacial score (nSPS) is 10.7. The van der Waals surface area contributed by atoms with Gasteiger partial charge in [0, 0.05) is 12.2 Å². The lowest BCUT2D eigenvalue weighted by Gasteiger charge is -2.03. The summed E-state index contributed by atoms with van der Waals surface area (Å²) < 4.78 is 0. The number of aromatic nitrogens is 3. The van der Waals surface area contributed by atoms with Gasteiger partial charge in [-0.1, -0.05) is 42.9 Å². The molecule has 0 atom stereocenters. The lowest BCUT2D eigenvalue weighted by molar-refractivity contribution is 0.831. The van der Waals surface area contributed by atoms with Crippen molar-refractivity contribution in [2.45, 2.75) is 19.8 Å².